The van der Waals surface area contributed by atoms with Gasteiger partial charge in [-0.25, -0.2) is 0 Å². The number of aliphatic hydroxyl groups excluding tert-OH is 1. The van der Waals surface area contributed by atoms with Crippen LogP contribution in [0.5, 0.6) is 0 Å². The summed E-state index contributed by atoms with van der Waals surface area (Å²) < 4.78 is 5.94. The van der Waals surface area contributed by atoms with Crippen LogP contribution in [0.4, 0.5) is 0 Å². The van der Waals surface area contributed by atoms with Gasteiger partial charge in [0.25, 0.3) is 0 Å². The molecule has 0 aromatic rings. The molecular formula is C17H33NO3. The summed E-state index contributed by atoms with van der Waals surface area (Å²) in [4.78, 5) is 0. The smallest absolute Gasteiger partial charge is 0.0897 e. The molecule has 2 aliphatic carbocycles. The SMILES string of the molecule is CCC1CCCCC1OCC(O)CNCC1(O)CCCC1. The van der Waals surface area contributed by atoms with Crippen LogP contribution in [0.25, 0.3) is 0 Å². The van der Waals surface area contributed by atoms with Gasteiger partial charge in [0, 0.05) is 13.1 Å². The second-order valence-electron chi connectivity index (χ2n) is 7.04. The Morgan fingerprint density at radius 1 is 1.19 bits per heavy atom. The fraction of sp³-hybridized carbons (Fsp3) is 1.00. The Kier molecular flexibility index (Phi) is 6.93. The van der Waals surface area contributed by atoms with Crippen molar-refractivity contribution in [3.63, 3.8) is 0 Å². The maximum atomic E-state index is 10.2. The lowest BCUT2D eigenvalue weighted by atomic mass is 9.85. The number of nitrogens with one attached hydrogen (secondary N) is 1. The lowest BCUT2D eigenvalue weighted by Gasteiger charge is -2.31. The van der Waals surface area contributed by atoms with Crippen LogP contribution in [0.3, 0.4) is 0 Å². The summed E-state index contributed by atoms with van der Waals surface area (Å²) in [5.74, 6) is 0.665. The van der Waals surface area contributed by atoms with Gasteiger partial charge >= 0.3 is 0 Å². The van der Waals surface area contributed by atoms with Gasteiger partial charge in [0.1, 0.15) is 0 Å². The first-order valence-electron chi connectivity index (χ1n) is 8.86. The molecule has 21 heavy (non-hydrogen) atoms. The van der Waals surface area contributed by atoms with E-state index in [1.165, 1.54) is 25.7 Å². The third-order valence-corrected chi connectivity index (χ3v) is 5.23. The fourth-order valence-corrected chi connectivity index (χ4v) is 3.84. The van der Waals surface area contributed by atoms with Crippen molar-refractivity contribution in [1.82, 2.24) is 5.32 Å². The predicted octanol–water partition coefficient (Wildman–Crippen LogP) is 2.23. The van der Waals surface area contributed by atoms with Crippen molar-refractivity contribution in [2.45, 2.75) is 82.5 Å². The van der Waals surface area contributed by atoms with Crippen LogP contribution in [-0.4, -0.2) is 47.7 Å². The minimum atomic E-state index is -0.544. The van der Waals surface area contributed by atoms with Gasteiger partial charge in [-0.05, 0) is 31.6 Å². The maximum absolute atomic E-state index is 10.2. The van der Waals surface area contributed by atoms with Crippen molar-refractivity contribution in [1.29, 1.82) is 0 Å². The van der Waals surface area contributed by atoms with E-state index in [0.717, 1.165) is 32.1 Å². The molecule has 0 aromatic carbocycles. The molecule has 3 atom stereocenters. The summed E-state index contributed by atoms with van der Waals surface area (Å²) in [5.41, 5.74) is -0.544. The number of aliphatic hydroxyl groups is 2. The molecule has 0 aliphatic heterocycles. The predicted molar refractivity (Wildman–Crippen MR) is 84.3 cm³/mol. The molecule has 0 radical (unpaired) electrons. The van der Waals surface area contributed by atoms with Crippen molar-refractivity contribution in [3.05, 3.63) is 0 Å². The Morgan fingerprint density at radius 3 is 2.62 bits per heavy atom. The van der Waals surface area contributed by atoms with E-state index >= 15 is 0 Å². The van der Waals surface area contributed by atoms with E-state index in [-0.39, 0.29) is 0 Å². The average Bonchev–Trinajstić information content (AvgIpc) is 2.92. The lowest BCUT2D eigenvalue weighted by molar-refractivity contribution is -0.0511. The highest BCUT2D eigenvalue weighted by Gasteiger charge is 2.30. The standard InChI is InChI=1S/C17H33NO3/c1-2-14-7-3-4-8-16(14)21-12-15(19)11-18-13-17(20)9-5-6-10-17/h14-16,18-20H,2-13H2,1H3. The minimum Gasteiger partial charge on any atom is -0.389 e. The molecule has 0 spiro atoms. The molecule has 4 heteroatoms. The van der Waals surface area contributed by atoms with Gasteiger partial charge in [-0.1, -0.05) is 39.0 Å². The van der Waals surface area contributed by atoms with Crippen LogP contribution in [-0.2, 0) is 4.74 Å². The molecule has 3 N–H and O–H groups in total. The second kappa shape index (κ2) is 8.47. The maximum Gasteiger partial charge on any atom is 0.0897 e. The number of rotatable bonds is 8. The molecule has 2 fully saturated rings. The Labute approximate surface area is 129 Å². The van der Waals surface area contributed by atoms with E-state index in [4.69, 9.17) is 4.74 Å². The average molecular weight is 299 g/mol. The zero-order chi connectivity index (χ0) is 15.1. The summed E-state index contributed by atoms with van der Waals surface area (Å²) in [6, 6.07) is 0. The van der Waals surface area contributed by atoms with E-state index in [9.17, 15) is 10.2 Å². The second-order valence-corrected chi connectivity index (χ2v) is 7.04. The molecule has 0 amide bonds. The van der Waals surface area contributed by atoms with Gasteiger partial charge in [-0.15, -0.1) is 0 Å². The Bertz CT molecular complexity index is 292. The first-order chi connectivity index (χ1) is 10.1. The molecule has 3 unspecified atom stereocenters. The topological polar surface area (TPSA) is 61.7 Å². The van der Waals surface area contributed by atoms with Gasteiger partial charge < -0.3 is 20.3 Å². The third kappa shape index (κ3) is 5.51. The van der Waals surface area contributed by atoms with E-state index in [0.29, 0.717) is 31.7 Å². The summed E-state index contributed by atoms with van der Waals surface area (Å²) in [6.45, 7) is 3.73. The lowest BCUT2D eigenvalue weighted by Crippen LogP contribution is -2.42. The Morgan fingerprint density at radius 2 is 1.90 bits per heavy atom. The fourth-order valence-electron chi connectivity index (χ4n) is 3.84. The summed E-state index contributed by atoms with van der Waals surface area (Å²) in [7, 11) is 0. The van der Waals surface area contributed by atoms with Crippen molar-refractivity contribution in [2.24, 2.45) is 5.92 Å². The van der Waals surface area contributed by atoms with Crippen LogP contribution in [0, 0.1) is 5.92 Å². The highest BCUT2D eigenvalue weighted by Crippen LogP contribution is 2.29. The van der Waals surface area contributed by atoms with Gasteiger partial charge in [-0.3, -0.25) is 0 Å². The van der Waals surface area contributed by atoms with Crippen molar-refractivity contribution in [2.75, 3.05) is 19.7 Å². The first kappa shape index (κ1) is 17.2. The van der Waals surface area contributed by atoms with E-state index in [1.54, 1.807) is 0 Å². The molecule has 0 bridgehead atoms. The highest BCUT2D eigenvalue weighted by molar-refractivity contribution is 4.86. The van der Waals surface area contributed by atoms with Gasteiger partial charge in [0.15, 0.2) is 0 Å². The molecule has 124 valence electrons. The highest BCUT2D eigenvalue weighted by atomic mass is 16.5. The van der Waals surface area contributed by atoms with E-state index < -0.39 is 11.7 Å². The van der Waals surface area contributed by atoms with Gasteiger partial charge in [0.05, 0.1) is 24.4 Å². The number of hydrogen-bond acceptors (Lipinski definition) is 4. The largest absolute Gasteiger partial charge is 0.389 e. The van der Waals surface area contributed by atoms with Crippen molar-refractivity contribution >= 4 is 0 Å². The molecular weight excluding hydrogens is 266 g/mol. The molecule has 2 rings (SSSR count). The summed E-state index contributed by atoms with van der Waals surface area (Å²) >= 11 is 0. The molecule has 0 saturated heterocycles. The molecule has 2 aliphatic rings. The van der Waals surface area contributed by atoms with Crippen molar-refractivity contribution < 1.29 is 14.9 Å². The van der Waals surface area contributed by atoms with E-state index in [1.807, 2.05) is 0 Å². The van der Waals surface area contributed by atoms with Crippen LogP contribution in [0.1, 0.15) is 64.7 Å². The Hall–Kier alpha value is -0.160. The van der Waals surface area contributed by atoms with Gasteiger partial charge in [-0.2, -0.15) is 0 Å². The number of hydrogen-bond donors (Lipinski definition) is 3. The molecule has 2 saturated carbocycles. The summed E-state index contributed by atoms with van der Waals surface area (Å²) in [6.07, 6.45) is 10.00. The quantitative estimate of drug-likeness (QED) is 0.643. The van der Waals surface area contributed by atoms with Crippen LogP contribution < -0.4 is 5.32 Å². The van der Waals surface area contributed by atoms with Gasteiger partial charge in [0.2, 0.25) is 0 Å². The normalized spacial score (nSPS) is 30.4. The first-order valence-corrected chi connectivity index (χ1v) is 8.86. The number of ether oxygens (including phenoxy) is 1. The van der Waals surface area contributed by atoms with Crippen molar-refractivity contribution in [3.8, 4) is 0 Å². The zero-order valence-corrected chi connectivity index (χ0v) is 13.5. The monoisotopic (exact) mass is 299 g/mol. The molecule has 0 aromatic heterocycles. The zero-order valence-electron chi connectivity index (χ0n) is 13.5. The molecule has 4 nitrogen and oxygen atoms in total. The minimum absolute atomic E-state index is 0.331. The third-order valence-electron chi connectivity index (χ3n) is 5.23. The van der Waals surface area contributed by atoms with E-state index in [2.05, 4.69) is 12.2 Å². The van der Waals surface area contributed by atoms with Crippen LogP contribution in [0.2, 0.25) is 0 Å². The van der Waals surface area contributed by atoms with Crippen LogP contribution >= 0.6 is 0 Å². The summed E-state index contributed by atoms with van der Waals surface area (Å²) in [5, 5.41) is 23.5. The van der Waals surface area contributed by atoms with Crippen LogP contribution in [0.15, 0.2) is 0 Å². The molecule has 0 heterocycles. The Balaban J connectivity index is 1.59.